The van der Waals surface area contributed by atoms with E-state index in [1.807, 2.05) is 27.7 Å². The van der Waals surface area contributed by atoms with E-state index in [0.29, 0.717) is 0 Å². The molecule has 1 fully saturated rings. The van der Waals surface area contributed by atoms with E-state index in [-0.39, 0.29) is 0 Å². The molecule has 2 heteroatoms. The fourth-order valence-electron chi connectivity index (χ4n) is 0.912. The molecule has 1 nitrogen and oxygen atoms in total. The predicted octanol–water partition coefficient (Wildman–Crippen LogP) is 3.22. The zero-order valence-electron chi connectivity index (χ0n) is 9.22. The predicted molar refractivity (Wildman–Crippen MR) is 59.0 cm³/mol. The van der Waals surface area contributed by atoms with Crippen molar-refractivity contribution in [2.24, 2.45) is 5.92 Å². The van der Waals surface area contributed by atoms with Gasteiger partial charge in [-0.15, -0.1) is 0 Å². The van der Waals surface area contributed by atoms with E-state index < -0.39 is 10.8 Å². The first-order chi connectivity index (χ1) is 5.79. The highest BCUT2D eigenvalue weighted by atomic mass is 32.2. The smallest absolute Gasteiger partial charge is 0.0237 e. The van der Waals surface area contributed by atoms with Gasteiger partial charge < -0.3 is 0 Å². The van der Waals surface area contributed by atoms with Gasteiger partial charge in [0.2, 0.25) is 0 Å². The quantitative estimate of drug-likeness (QED) is 0.576. The maximum atomic E-state index is 10.7. The van der Waals surface area contributed by atoms with Crippen LogP contribution in [0.25, 0.3) is 0 Å². The lowest BCUT2D eigenvalue weighted by Crippen LogP contribution is -2.15. The molecule has 1 saturated heterocycles. The van der Waals surface area contributed by atoms with Crippen molar-refractivity contribution in [1.29, 1.82) is 0 Å². The normalized spacial score (nSPS) is 27.4. The van der Waals surface area contributed by atoms with Crippen LogP contribution in [0, 0.1) is 5.92 Å². The maximum absolute atomic E-state index is 10.7. The molecule has 1 aliphatic heterocycles. The Bertz CT molecular complexity index is 92.0. The van der Waals surface area contributed by atoms with Crippen molar-refractivity contribution >= 4 is 10.8 Å². The van der Waals surface area contributed by atoms with Crippen LogP contribution in [0.5, 0.6) is 0 Å². The molecule has 0 aromatic rings. The monoisotopic (exact) mass is 192 g/mol. The van der Waals surface area contributed by atoms with Crippen LogP contribution in [0.4, 0.5) is 0 Å². The van der Waals surface area contributed by atoms with Gasteiger partial charge in [0.15, 0.2) is 0 Å². The van der Waals surface area contributed by atoms with Crippen molar-refractivity contribution in [3.63, 3.8) is 0 Å². The summed E-state index contributed by atoms with van der Waals surface area (Å²) in [4.78, 5) is 0. The zero-order valence-corrected chi connectivity index (χ0v) is 10.0. The van der Waals surface area contributed by atoms with E-state index in [1.54, 1.807) is 0 Å². The Balaban J connectivity index is 0. The number of hydrogen-bond acceptors (Lipinski definition) is 1. The highest BCUT2D eigenvalue weighted by Crippen LogP contribution is 2.14. The van der Waals surface area contributed by atoms with Crippen LogP contribution in [0.1, 0.15) is 47.5 Å². The minimum atomic E-state index is -0.461. The first-order valence-corrected chi connectivity index (χ1v) is 6.63. The molecule has 0 spiro atoms. The largest absolute Gasteiger partial charge is 0.260 e. The van der Waals surface area contributed by atoms with Gasteiger partial charge in [-0.3, -0.25) is 4.21 Å². The van der Waals surface area contributed by atoms with Crippen LogP contribution in [0.3, 0.4) is 0 Å². The summed E-state index contributed by atoms with van der Waals surface area (Å²) in [6.07, 6.45) is 2.35. The summed E-state index contributed by atoms with van der Waals surface area (Å²) in [6, 6.07) is 0. The van der Waals surface area contributed by atoms with Crippen molar-refractivity contribution in [1.82, 2.24) is 0 Å². The molecule has 0 bridgehead atoms. The van der Waals surface area contributed by atoms with Crippen LogP contribution >= 0.6 is 0 Å². The molecule has 1 aliphatic rings. The summed E-state index contributed by atoms with van der Waals surface area (Å²) >= 11 is 0. The third kappa shape index (κ3) is 8.25. The molecule has 0 radical (unpaired) electrons. The molecule has 0 atom stereocenters. The molecule has 1 rings (SSSR count). The van der Waals surface area contributed by atoms with Gasteiger partial charge in [0.1, 0.15) is 0 Å². The van der Waals surface area contributed by atoms with E-state index >= 15 is 0 Å². The Morgan fingerprint density at radius 2 is 1.33 bits per heavy atom. The number of hydrogen-bond donors (Lipinski definition) is 0. The van der Waals surface area contributed by atoms with Gasteiger partial charge in [-0.2, -0.15) is 0 Å². The minimum absolute atomic E-state index is 0.461. The Labute approximate surface area is 80.4 Å². The Hall–Kier alpha value is 0.150. The Morgan fingerprint density at radius 1 is 1.00 bits per heavy atom. The van der Waals surface area contributed by atoms with Crippen molar-refractivity contribution in [3.05, 3.63) is 0 Å². The van der Waals surface area contributed by atoms with Gasteiger partial charge in [-0.1, -0.05) is 34.6 Å². The van der Waals surface area contributed by atoms with Crippen molar-refractivity contribution < 1.29 is 4.21 Å². The number of rotatable bonds is 0. The Morgan fingerprint density at radius 3 is 1.58 bits per heavy atom. The van der Waals surface area contributed by atoms with Gasteiger partial charge in [-0.25, -0.2) is 0 Å². The van der Waals surface area contributed by atoms with E-state index in [4.69, 9.17) is 0 Å². The van der Waals surface area contributed by atoms with E-state index in [0.717, 1.165) is 17.4 Å². The molecular weight excluding hydrogens is 168 g/mol. The topological polar surface area (TPSA) is 17.1 Å². The lowest BCUT2D eigenvalue weighted by molar-refractivity contribution is 0.526. The van der Waals surface area contributed by atoms with Crippen molar-refractivity contribution in [3.8, 4) is 0 Å². The molecule has 0 unspecified atom stereocenters. The molecule has 76 valence electrons. The molecule has 0 aromatic heterocycles. The molecular formula is C10H24OS. The van der Waals surface area contributed by atoms with Gasteiger partial charge in [0.25, 0.3) is 0 Å². The fourth-order valence-corrected chi connectivity index (χ4v) is 2.45. The third-order valence-electron chi connectivity index (χ3n) is 1.68. The van der Waals surface area contributed by atoms with E-state index in [9.17, 15) is 4.21 Å². The molecule has 0 N–H and O–H groups in total. The van der Waals surface area contributed by atoms with Crippen molar-refractivity contribution in [2.75, 3.05) is 11.5 Å². The second kappa shape index (κ2) is 11.2. The first kappa shape index (κ1) is 14.7. The van der Waals surface area contributed by atoms with Gasteiger partial charge in [0.05, 0.1) is 0 Å². The average molecular weight is 192 g/mol. The third-order valence-corrected chi connectivity index (χ3v) is 3.06. The van der Waals surface area contributed by atoms with Crippen LogP contribution < -0.4 is 0 Å². The van der Waals surface area contributed by atoms with E-state index in [1.165, 1.54) is 12.8 Å². The van der Waals surface area contributed by atoms with Crippen LogP contribution in [-0.2, 0) is 10.8 Å². The van der Waals surface area contributed by atoms with Crippen LogP contribution in [0.2, 0.25) is 0 Å². The van der Waals surface area contributed by atoms with Gasteiger partial charge >= 0.3 is 0 Å². The summed E-state index contributed by atoms with van der Waals surface area (Å²) < 4.78 is 10.7. The summed E-state index contributed by atoms with van der Waals surface area (Å²) in [7, 11) is -0.461. The van der Waals surface area contributed by atoms with Crippen molar-refractivity contribution in [2.45, 2.75) is 47.5 Å². The van der Waals surface area contributed by atoms with Crippen LogP contribution in [0.15, 0.2) is 0 Å². The summed E-state index contributed by atoms with van der Waals surface area (Å²) in [5, 5.41) is 0. The average Bonchev–Trinajstić information content (AvgIpc) is 2.17. The SMILES string of the molecule is CC.CC.CC1CCS(=O)CC1. The second-order valence-corrected chi connectivity index (χ2v) is 4.23. The fraction of sp³-hybridized carbons (Fsp3) is 1.00. The van der Waals surface area contributed by atoms with Gasteiger partial charge in [-0.05, 0) is 18.8 Å². The van der Waals surface area contributed by atoms with Crippen LogP contribution in [-0.4, -0.2) is 15.7 Å². The minimum Gasteiger partial charge on any atom is -0.260 e. The molecule has 0 aromatic carbocycles. The molecule has 12 heavy (non-hydrogen) atoms. The molecule has 1 heterocycles. The summed E-state index contributed by atoms with van der Waals surface area (Å²) in [6.45, 7) is 10.2. The molecule has 0 aliphatic carbocycles. The zero-order chi connectivity index (χ0) is 9.98. The lowest BCUT2D eigenvalue weighted by atomic mass is 10.1. The first-order valence-electron chi connectivity index (χ1n) is 5.14. The Kier molecular flexibility index (Phi) is 13.6. The lowest BCUT2D eigenvalue weighted by Gasteiger charge is -2.15. The van der Waals surface area contributed by atoms with E-state index in [2.05, 4.69) is 6.92 Å². The summed E-state index contributed by atoms with van der Waals surface area (Å²) in [5.74, 6) is 2.72. The second-order valence-electron chi connectivity index (χ2n) is 2.53. The standard InChI is InChI=1S/C6H12OS.2C2H6/c1-6-2-4-8(7)5-3-6;2*1-2/h6H,2-5H2,1H3;2*1-2H3. The molecule has 0 amide bonds. The highest BCUT2D eigenvalue weighted by molar-refractivity contribution is 7.85. The summed E-state index contributed by atoms with van der Waals surface area (Å²) in [5.41, 5.74) is 0. The van der Waals surface area contributed by atoms with Gasteiger partial charge in [0, 0.05) is 22.3 Å². The highest BCUT2D eigenvalue weighted by Gasteiger charge is 2.12. The maximum Gasteiger partial charge on any atom is 0.0237 e. The molecule has 0 saturated carbocycles.